The van der Waals surface area contributed by atoms with Crippen LogP contribution in [0.3, 0.4) is 0 Å². The molecule has 0 bridgehead atoms. The first-order valence-corrected chi connectivity index (χ1v) is 9.04. The molecular weight excluding hydrogens is 358 g/mol. The number of nitrogens with two attached hydrogens (primary N) is 1. The fourth-order valence-electron chi connectivity index (χ4n) is 3.02. The van der Waals surface area contributed by atoms with E-state index in [1.807, 2.05) is 30.3 Å². The molecule has 0 radical (unpaired) electrons. The van der Waals surface area contributed by atoms with E-state index in [9.17, 15) is 19.5 Å². The Kier molecular flexibility index (Phi) is 7.03. The number of urea groups is 1. The highest BCUT2D eigenvalue weighted by Gasteiger charge is 2.50. The number of hydrogen-bond donors (Lipinski definition) is 4. The first kappa shape index (κ1) is 21.3. The van der Waals surface area contributed by atoms with Crippen LogP contribution >= 0.6 is 0 Å². The molecule has 148 valence electrons. The highest BCUT2D eigenvalue weighted by Crippen LogP contribution is 2.30. The Morgan fingerprint density at radius 1 is 0.929 bits per heavy atom. The molecule has 4 amide bonds. The maximum atomic E-state index is 12.0. The van der Waals surface area contributed by atoms with E-state index in [-0.39, 0.29) is 6.04 Å². The zero-order valence-electron chi connectivity index (χ0n) is 15.9. The fraction of sp³-hybridized carbons (Fsp3) is 0.286. The summed E-state index contributed by atoms with van der Waals surface area (Å²) in [7, 11) is 0. The smallest absolute Gasteiger partial charge is 0.328 e. The lowest BCUT2D eigenvalue weighted by molar-refractivity contribution is -0.138. The van der Waals surface area contributed by atoms with Crippen LogP contribution in [0.4, 0.5) is 4.79 Å². The molecule has 1 saturated heterocycles. The molecule has 1 heterocycles. The molecule has 5 N–H and O–H groups in total. The molecule has 1 aliphatic heterocycles. The van der Waals surface area contributed by atoms with Crippen molar-refractivity contribution in [2.45, 2.75) is 37.8 Å². The number of benzene rings is 2. The third kappa shape index (κ3) is 4.44. The molecule has 1 fully saturated rings. The van der Waals surface area contributed by atoms with Crippen LogP contribution in [0.25, 0.3) is 0 Å². The Balaban J connectivity index is 0.000000221. The van der Waals surface area contributed by atoms with E-state index in [0.717, 1.165) is 5.56 Å². The quantitative estimate of drug-likeness (QED) is 0.600. The Hall–Kier alpha value is -3.03. The van der Waals surface area contributed by atoms with Gasteiger partial charge in [-0.05, 0) is 24.5 Å². The van der Waals surface area contributed by atoms with E-state index in [0.29, 0.717) is 12.0 Å². The molecular formula is C21H25N3O4. The van der Waals surface area contributed by atoms with Crippen LogP contribution in [0.5, 0.6) is 0 Å². The van der Waals surface area contributed by atoms with Crippen molar-refractivity contribution >= 4 is 17.8 Å². The summed E-state index contributed by atoms with van der Waals surface area (Å²) >= 11 is 0. The van der Waals surface area contributed by atoms with E-state index in [4.69, 9.17) is 5.73 Å². The number of carbonyl (C=O) groups is 3. The van der Waals surface area contributed by atoms with Crippen LogP contribution in [-0.4, -0.2) is 29.0 Å². The van der Waals surface area contributed by atoms with E-state index in [1.54, 1.807) is 44.2 Å². The minimum atomic E-state index is -1.31. The van der Waals surface area contributed by atoms with Crippen LogP contribution in [-0.2, 0) is 15.0 Å². The van der Waals surface area contributed by atoms with Crippen LogP contribution < -0.4 is 16.4 Å². The molecule has 0 spiro atoms. The fourth-order valence-corrected chi connectivity index (χ4v) is 3.02. The first-order chi connectivity index (χ1) is 13.3. The number of aliphatic hydroxyl groups is 1. The Bertz CT molecular complexity index is 802. The third-order valence-corrected chi connectivity index (χ3v) is 4.67. The van der Waals surface area contributed by atoms with Gasteiger partial charge in [-0.2, -0.15) is 0 Å². The third-order valence-electron chi connectivity index (χ3n) is 4.67. The highest BCUT2D eigenvalue weighted by molar-refractivity contribution is 6.22. The lowest BCUT2D eigenvalue weighted by Gasteiger charge is -2.33. The molecule has 7 nitrogen and oxygen atoms in total. The largest absolute Gasteiger partial charge is 0.387 e. The zero-order valence-corrected chi connectivity index (χ0v) is 15.9. The van der Waals surface area contributed by atoms with Crippen molar-refractivity contribution in [3.63, 3.8) is 0 Å². The average Bonchev–Trinajstić information content (AvgIpc) is 2.69. The number of nitrogens with one attached hydrogen (secondary N) is 2. The summed E-state index contributed by atoms with van der Waals surface area (Å²) < 4.78 is 0. The zero-order chi connectivity index (χ0) is 20.7. The van der Waals surface area contributed by atoms with E-state index in [2.05, 4.69) is 10.6 Å². The molecule has 2 atom stereocenters. The van der Waals surface area contributed by atoms with E-state index >= 15 is 0 Å². The SMILES string of the molecule is CCC1(c2ccccc2)C(=O)NC(=O)NC1=O.C[C@H](N)C(O)c1ccccc1. The van der Waals surface area contributed by atoms with Gasteiger partial charge in [0.1, 0.15) is 0 Å². The highest BCUT2D eigenvalue weighted by atomic mass is 16.3. The number of rotatable bonds is 4. The van der Waals surface area contributed by atoms with Crippen LogP contribution in [0, 0.1) is 0 Å². The van der Waals surface area contributed by atoms with Gasteiger partial charge in [0.15, 0.2) is 5.41 Å². The molecule has 0 aromatic heterocycles. The summed E-state index contributed by atoms with van der Waals surface area (Å²) in [5.74, 6) is -1.14. The van der Waals surface area contributed by atoms with Crippen molar-refractivity contribution in [2.75, 3.05) is 0 Å². The minimum Gasteiger partial charge on any atom is -0.387 e. The van der Waals surface area contributed by atoms with Crippen LogP contribution in [0.1, 0.15) is 37.5 Å². The average molecular weight is 383 g/mol. The number of carbonyl (C=O) groups excluding carboxylic acids is 3. The molecule has 1 aliphatic rings. The van der Waals surface area contributed by atoms with Gasteiger partial charge in [0.2, 0.25) is 11.8 Å². The second-order valence-corrected chi connectivity index (χ2v) is 6.58. The van der Waals surface area contributed by atoms with Gasteiger partial charge in [0, 0.05) is 6.04 Å². The normalized spacial score (nSPS) is 17.5. The Morgan fingerprint density at radius 2 is 1.39 bits per heavy atom. The van der Waals surface area contributed by atoms with E-state index in [1.165, 1.54) is 0 Å². The van der Waals surface area contributed by atoms with Crippen molar-refractivity contribution in [1.29, 1.82) is 0 Å². The summed E-state index contributed by atoms with van der Waals surface area (Å²) in [4.78, 5) is 35.0. The van der Waals surface area contributed by atoms with E-state index < -0.39 is 29.4 Å². The van der Waals surface area contributed by atoms with Crippen LogP contribution in [0.2, 0.25) is 0 Å². The molecule has 0 saturated carbocycles. The Morgan fingerprint density at radius 3 is 1.82 bits per heavy atom. The molecule has 1 unspecified atom stereocenters. The van der Waals surface area contributed by atoms with Gasteiger partial charge in [-0.15, -0.1) is 0 Å². The first-order valence-electron chi connectivity index (χ1n) is 9.04. The second-order valence-electron chi connectivity index (χ2n) is 6.58. The van der Waals surface area contributed by atoms with Gasteiger partial charge in [-0.1, -0.05) is 67.6 Å². The summed E-state index contributed by atoms with van der Waals surface area (Å²) in [6.45, 7) is 3.53. The van der Waals surface area contributed by atoms with Crippen molar-refractivity contribution < 1.29 is 19.5 Å². The van der Waals surface area contributed by atoms with Gasteiger partial charge in [0.05, 0.1) is 6.10 Å². The van der Waals surface area contributed by atoms with Crippen molar-refractivity contribution in [1.82, 2.24) is 10.6 Å². The predicted octanol–water partition coefficient (Wildman–Crippen LogP) is 1.77. The van der Waals surface area contributed by atoms with Gasteiger partial charge < -0.3 is 10.8 Å². The number of hydrogen-bond acceptors (Lipinski definition) is 5. The lowest BCUT2D eigenvalue weighted by Crippen LogP contribution is -2.64. The maximum absolute atomic E-state index is 12.0. The molecule has 3 rings (SSSR count). The molecule has 2 aromatic carbocycles. The summed E-state index contributed by atoms with van der Waals surface area (Å²) in [6, 6.07) is 17.2. The molecule has 28 heavy (non-hydrogen) atoms. The summed E-state index contributed by atoms with van der Waals surface area (Å²) in [5, 5.41) is 13.8. The lowest BCUT2D eigenvalue weighted by atomic mass is 9.75. The standard InChI is InChI=1S/C12H12N2O3.C9H13NO/c1-2-12(8-6-4-3-5-7-8)9(15)13-11(17)14-10(12)16;1-7(10)9(11)8-5-3-2-4-6-8/h3-7H,2H2,1H3,(H2,13,14,15,16,17);2-7,9,11H,10H2,1H3/t;7-,9?/m.0/s1. The second kappa shape index (κ2) is 9.25. The molecule has 7 heteroatoms. The summed E-state index contributed by atoms with van der Waals surface area (Å²) in [6.07, 6.45) is -0.252. The molecule has 2 aromatic rings. The van der Waals surface area contributed by atoms with Crippen molar-refractivity contribution in [2.24, 2.45) is 5.73 Å². The maximum Gasteiger partial charge on any atom is 0.328 e. The van der Waals surface area contributed by atoms with Crippen molar-refractivity contribution in [3.05, 3.63) is 71.8 Å². The monoisotopic (exact) mass is 383 g/mol. The molecule has 0 aliphatic carbocycles. The summed E-state index contributed by atoms with van der Waals surface area (Å²) in [5.41, 5.74) is 5.67. The van der Waals surface area contributed by atoms with Crippen LogP contribution in [0.15, 0.2) is 60.7 Å². The number of imide groups is 2. The van der Waals surface area contributed by atoms with Crippen molar-refractivity contribution in [3.8, 4) is 0 Å². The Labute approximate surface area is 163 Å². The number of aliphatic hydroxyl groups excluding tert-OH is 1. The van der Waals surface area contributed by atoms with Gasteiger partial charge in [-0.3, -0.25) is 20.2 Å². The number of amides is 4. The van der Waals surface area contributed by atoms with Gasteiger partial charge >= 0.3 is 6.03 Å². The number of barbiturate groups is 1. The topological polar surface area (TPSA) is 122 Å². The minimum absolute atomic E-state index is 0.211. The predicted molar refractivity (Wildman–Crippen MR) is 105 cm³/mol. The van der Waals surface area contributed by atoms with Gasteiger partial charge in [0.25, 0.3) is 0 Å². The van der Waals surface area contributed by atoms with Gasteiger partial charge in [-0.25, -0.2) is 4.79 Å².